The van der Waals surface area contributed by atoms with Gasteiger partial charge in [-0.2, -0.15) is 26.3 Å². The molecule has 1 aromatic heterocycles. The Morgan fingerprint density at radius 3 is 2.09 bits per heavy atom. The molecule has 2 amide bonds. The zero-order chi connectivity index (χ0) is 31.8. The van der Waals surface area contributed by atoms with Crippen molar-refractivity contribution in [2.24, 2.45) is 0 Å². The second-order valence-electron chi connectivity index (χ2n) is 10.4. The number of aromatic nitrogens is 1. The number of halogens is 6. The summed E-state index contributed by atoms with van der Waals surface area (Å²) in [6.07, 6.45) is -8.35. The van der Waals surface area contributed by atoms with Gasteiger partial charge in [0.15, 0.2) is 0 Å². The third-order valence-electron chi connectivity index (χ3n) is 7.36. The summed E-state index contributed by atoms with van der Waals surface area (Å²) in [6, 6.07) is 13.1. The molecule has 13 heteroatoms. The Morgan fingerprint density at radius 1 is 0.841 bits per heavy atom. The minimum atomic E-state index is -5.12. The van der Waals surface area contributed by atoms with Crippen LogP contribution in [0.15, 0.2) is 72.9 Å². The maximum Gasteiger partial charge on any atom is 0.416 e. The Morgan fingerprint density at radius 2 is 1.48 bits per heavy atom. The number of hydrogen-bond acceptors (Lipinski definition) is 4. The molecule has 0 radical (unpaired) electrons. The molecule has 1 atom stereocenters. The van der Waals surface area contributed by atoms with Crippen LogP contribution in [0.25, 0.3) is 10.9 Å². The number of nitrogens with one attached hydrogen (secondary N) is 1. The van der Waals surface area contributed by atoms with E-state index in [1.54, 1.807) is 12.3 Å². The van der Waals surface area contributed by atoms with E-state index in [0.717, 1.165) is 16.5 Å². The molecule has 1 fully saturated rings. The van der Waals surface area contributed by atoms with Gasteiger partial charge in [0.25, 0.3) is 11.8 Å². The second kappa shape index (κ2) is 11.7. The molecule has 7 nitrogen and oxygen atoms in total. The van der Waals surface area contributed by atoms with Crippen LogP contribution in [0, 0.1) is 0 Å². The number of benzene rings is 3. The number of aromatic amines is 1. The third-order valence-corrected chi connectivity index (χ3v) is 7.36. The van der Waals surface area contributed by atoms with Gasteiger partial charge < -0.3 is 19.5 Å². The Bertz CT molecular complexity index is 1680. The van der Waals surface area contributed by atoms with Crippen molar-refractivity contribution >= 4 is 28.7 Å². The number of alkyl halides is 6. The first-order valence-electron chi connectivity index (χ1n) is 13.4. The highest BCUT2D eigenvalue weighted by Crippen LogP contribution is 2.37. The van der Waals surface area contributed by atoms with Gasteiger partial charge in [0.05, 0.1) is 17.2 Å². The quantitative estimate of drug-likeness (QED) is 0.161. The molecule has 1 aliphatic heterocycles. The predicted octanol–water partition coefficient (Wildman–Crippen LogP) is 6.34. The zero-order valence-electron chi connectivity index (χ0n) is 23.1. The zero-order valence-corrected chi connectivity index (χ0v) is 23.1. The first-order chi connectivity index (χ1) is 20.7. The lowest BCUT2D eigenvalue weighted by molar-refractivity contribution is -0.143. The van der Waals surface area contributed by atoms with E-state index in [1.807, 2.05) is 18.2 Å². The maximum atomic E-state index is 13.7. The summed E-state index contributed by atoms with van der Waals surface area (Å²) >= 11 is 0. The molecule has 0 saturated carbocycles. The molecule has 44 heavy (non-hydrogen) atoms. The average Bonchev–Trinajstić information content (AvgIpc) is 3.38. The first-order valence-corrected chi connectivity index (χ1v) is 13.4. The maximum absolute atomic E-state index is 13.7. The van der Waals surface area contributed by atoms with Crippen molar-refractivity contribution in [3.8, 4) is 5.75 Å². The summed E-state index contributed by atoms with van der Waals surface area (Å²) in [6.45, 7) is 1.03. The number of hydrogen-bond donors (Lipinski definition) is 1. The number of H-pyrrole nitrogens is 1. The van der Waals surface area contributed by atoms with Crippen molar-refractivity contribution in [3.05, 3.63) is 101 Å². The summed E-state index contributed by atoms with van der Waals surface area (Å²) in [5.74, 6) is -1.72. The Labute approximate surface area is 247 Å². The number of fused-ring (bicyclic) bond motifs is 1. The fraction of sp³-hybridized carbons (Fsp3) is 0.258. The molecule has 0 unspecified atom stereocenters. The summed E-state index contributed by atoms with van der Waals surface area (Å²) in [5, 5.41) is 0.822. The molecule has 1 N–H and O–H groups in total. The van der Waals surface area contributed by atoms with Crippen LogP contribution in [0.2, 0.25) is 0 Å². The van der Waals surface area contributed by atoms with Gasteiger partial charge >= 0.3 is 18.3 Å². The highest BCUT2D eigenvalue weighted by atomic mass is 19.4. The number of esters is 1. The number of nitrogens with zero attached hydrogens (tertiary/aromatic N) is 2. The van der Waals surface area contributed by atoms with Gasteiger partial charge in [-0.3, -0.25) is 14.4 Å². The molecule has 1 saturated heterocycles. The van der Waals surface area contributed by atoms with Crippen LogP contribution in [0.5, 0.6) is 5.75 Å². The number of para-hydroxylation sites is 1. The summed E-state index contributed by atoms with van der Waals surface area (Å²) in [5.41, 5.74) is -2.12. The SMILES string of the molecule is CC(=O)Oc1ccc(C(=O)N2CCN(C(=O)c3cc(C(F)(F)F)cc(C(F)(F)F)c3)[C@H](Cc3c[nH]c4ccccc34)C2)cc1. The lowest BCUT2D eigenvalue weighted by Gasteiger charge is -2.41. The van der Waals surface area contributed by atoms with Crippen LogP contribution in [-0.4, -0.2) is 58.2 Å². The van der Waals surface area contributed by atoms with E-state index in [2.05, 4.69) is 4.98 Å². The van der Waals surface area contributed by atoms with Gasteiger partial charge in [0.2, 0.25) is 0 Å². The highest BCUT2D eigenvalue weighted by Gasteiger charge is 2.39. The normalized spacial score (nSPS) is 15.8. The minimum absolute atomic E-state index is 0.0221. The number of piperazine rings is 1. The Balaban J connectivity index is 1.48. The Kier molecular flexibility index (Phi) is 8.15. The molecule has 230 valence electrons. The smallest absolute Gasteiger partial charge is 0.416 e. The average molecular weight is 618 g/mol. The topological polar surface area (TPSA) is 82.7 Å². The van der Waals surface area contributed by atoms with Gasteiger partial charge in [-0.25, -0.2) is 0 Å². The van der Waals surface area contributed by atoms with Crippen LogP contribution in [0.3, 0.4) is 0 Å². The minimum Gasteiger partial charge on any atom is -0.427 e. The summed E-state index contributed by atoms with van der Waals surface area (Å²) in [4.78, 5) is 44.1. The molecule has 3 aromatic carbocycles. The molecule has 1 aliphatic rings. The molecule has 0 spiro atoms. The van der Waals surface area contributed by atoms with E-state index in [-0.39, 0.29) is 43.4 Å². The second-order valence-corrected chi connectivity index (χ2v) is 10.4. The van der Waals surface area contributed by atoms with Crippen LogP contribution < -0.4 is 4.74 Å². The molecule has 2 heterocycles. The standard InChI is InChI=1S/C31H25F6N3O4/c1-18(41)44-25-8-6-19(7-9-25)28(42)39-10-11-40(24(17-39)14-21-16-38-27-5-3-2-4-26(21)27)29(43)20-12-22(30(32,33)34)15-23(13-20)31(35,36)37/h2-9,12-13,15-16,24,38H,10-11,14,17H2,1H3/t24-/m1/s1. The Hall–Kier alpha value is -4.81. The van der Waals surface area contributed by atoms with Crippen molar-refractivity contribution in [3.63, 3.8) is 0 Å². The number of rotatable bonds is 5. The van der Waals surface area contributed by atoms with Crippen LogP contribution in [-0.2, 0) is 23.6 Å². The van der Waals surface area contributed by atoms with Crippen molar-refractivity contribution in [2.45, 2.75) is 31.7 Å². The van der Waals surface area contributed by atoms with Gasteiger partial charge in [0.1, 0.15) is 5.75 Å². The number of carbonyl (C=O) groups excluding carboxylic acids is 3. The van der Waals surface area contributed by atoms with Crippen molar-refractivity contribution < 1.29 is 45.5 Å². The lowest BCUT2D eigenvalue weighted by atomic mass is 9.98. The van der Waals surface area contributed by atoms with E-state index < -0.39 is 52.9 Å². The molecule has 4 aromatic rings. The third kappa shape index (κ3) is 6.56. The molecular formula is C31H25F6N3O4. The van der Waals surface area contributed by atoms with Gasteiger partial charge in [-0.05, 0) is 60.5 Å². The molecular weight excluding hydrogens is 592 g/mol. The number of amides is 2. The van der Waals surface area contributed by atoms with E-state index in [9.17, 15) is 40.7 Å². The van der Waals surface area contributed by atoms with Crippen LogP contribution >= 0.6 is 0 Å². The molecule has 5 rings (SSSR count). The van der Waals surface area contributed by atoms with Crippen molar-refractivity contribution in [1.29, 1.82) is 0 Å². The van der Waals surface area contributed by atoms with Crippen LogP contribution in [0.1, 0.15) is 44.3 Å². The number of ether oxygens (including phenoxy) is 1. The van der Waals surface area contributed by atoms with Gasteiger partial charge in [-0.1, -0.05) is 18.2 Å². The monoisotopic (exact) mass is 617 g/mol. The molecule has 0 bridgehead atoms. The van der Waals surface area contributed by atoms with Crippen molar-refractivity contribution in [2.75, 3.05) is 19.6 Å². The van der Waals surface area contributed by atoms with E-state index in [0.29, 0.717) is 12.1 Å². The summed E-state index contributed by atoms with van der Waals surface area (Å²) in [7, 11) is 0. The molecule has 0 aliphatic carbocycles. The fourth-order valence-electron chi connectivity index (χ4n) is 5.29. The lowest BCUT2D eigenvalue weighted by Crippen LogP contribution is -2.57. The van der Waals surface area contributed by atoms with E-state index >= 15 is 0 Å². The van der Waals surface area contributed by atoms with Crippen molar-refractivity contribution in [1.82, 2.24) is 14.8 Å². The van der Waals surface area contributed by atoms with Gasteiger partial charge in [-0.15, -0.1) is 0 Å². The number of carbonyl (C=O) groups is 3. The fourth-order valence-corrected chi connectivity index (χ4v) is 5.29. The largest absolute Gasteiger partial charge is 0.427 e. The van der Waals surface area contributed by atoms with Crippen LogP contribution in [0.4, 0.5) is 26.3 Å². The predicted molar refractivity (Wildman–Crippen MR) is 147 cm³/mol. The van der Waals surface area contributed by atoms with E-state index in [4.69, 9.17) is 4.74 Å². The summed E-state index contributed by atoms with van der Waals surface area (Å²) < 4.78 is 86.3. The first kappa shape index (κ1) is 30.6. The van der Waals surface area contributed by atoms with Gasteiger partial charge in [0, 0.05) is 54.8 Å². The van der Waals surface area contributed by atoms with E-state index in [1.165, 1.54) is 41.0 Å². The highest BCUT2D eigenvalue weighted by molar-refractivity contribution is 5.97.